The highest BCUT2D eigenvalue weighted by Crippen LogP contribution is 2.19. The van der Waals surface area contributed by atoms with Gasteiger partial charge in [-0.25, -0.2) is 16.8 Å². The normalized spacial score (nSPS) is 12.6. The molecule has 0 saturated heterocycles. The number of carbonyl (C=O) groups excluding carboxylic acids is 2. The Bertz CT molecular complexity index is 781. The van der Waals surface area contributed by atoms with Gasteiger partial charge < -0.3 is 10.1 Å². The quantitative estimate of drug-likeness (QED) is 0.374. The van der Waals surface area contributed by atoms with Crippen molar-refractivity contribution in [3.8, 4) is 0 Å². The predicted molar refractivity (Wildman–Crippen MR) is 86.9 cm³/mol. The van der Waals surface area contributed by atoms with Crippen LogP contribution in [0.25, 0.3) is 0 Å². The molecular weight excluding hydrogens is 382 g/mol. The molecule has 1 rings (SSSR count). The molecule has 0 spiro atoms. The molecule has 8 nitrogen and oxygen atoms in total. The summed E-state index contributed by atoms with van der Waals surface area (Å²) in [6.07, 6.45) is 0.0933. The van der Waals surface area contributed by atoms with Crippen LogP contribution in [0.3, 0.4) is 0 Å². The maximum Gasteiger partial charge on any atom is 0.306 e. The molecule has 0 bridgehead atoms. The Morgan fingerprint density at radius 2 is 1.92 bits per heavy atom. The highest BCUT2D eigenvalue weighted by Gasteiger charge is 2.21. The fourth-order valence-electron chi connectivity index (χ4n) is 1.77. The molecule has 0 fully saturated rings. The van der Waals surface area contributed by atoms with Crippen LogP contribution < -0.4 is 5.32 Å². The summed E-state index contributed by atoms with van der Waals surface area (Å²) in [7, 11) is -1.59. The third-order valence-corrected chi connectivity index (χ3v) is 4.60. The van der Waals surface area contributed by atoms with Crippen LogP contribution in [0.15, 0.2) is 29.2 Å². The third kappa shape index (κ3) is 6.85. The second kappa shape index (κ2) is 9.00. The molecule has 11 heteroatoms. The average molecular weight is 398 g/mol. The Hall–Kier alpha value is -1.65. The van der Waals surface area contributed by atoms with E-state index in [4.69, 9.17) is 10.7 Å². The summed E-state index contributed by atoms with van der Waals surface area (Å²) >= 11 is 0. The van der Waals surface area contributed by atoms with Gasteiger partial charge in [-0.3, -0.25) is 9.59 Å². The van der Waals surface area contributed by atoms with Gasteiger partial charge in [0, 0.05) is 23.1 Å². The molecule has 0 radical (unpaired) electrons. The molecule has 1 aromatic carbocycles. The van der Waals surface area contributed by atoms with Crippen molar-refractivity contribution in [2.45, 2.75) is 30.7 Å². The van der Waals surface area contributed by atoms with Crippen molar-refractivity contribution in [1.29, 1.82) is 0 Å². The van der Waals surface area contributed by atoms with Crippen LogP contribution >= 0.6 is 10.7 Å². The van der Waals surface area contributed by atoms with E-state index in [2.05, 4.69) is 10.1 Å². The van der Waals surface area contributed by atoms with E-state index in [1.165, 1.54) is 24.3 Å². The van der Waals surface area contributed by atoms with Crippen molar-refractivity contribution in [1.82, 2.24) is 5.32 Å². The van der Waals surface area contributed by atoms with E-state index < -0.39 is 43.6 Å². The summed E-state index contributed by atoms with van der Waals surface area (Å²) in [5.41, 5.74) is -0.106. The highest BCUT2D eigenvalue weighted by molar-refractivity contribution is 8.13. The molecule has 134 valence electrons. The van der Waals surface area contributed by atoms with Crippen molar-refractivity contribution in [3.05, 3.63) is 29.8 Å². The molecule has 0 aromatic heterocycles. The van der Waals surface area contributed by atoms with Gasteiger partial charge in [-0.15, -0.1) is 0 Å². The minimum atomic E-state index is -4.08. The van der Waals surface area contributed by atoms with Gasteiger partial charge in [-0.05, 0) is 25.5 Å². The lowest BCUT2D eigenvalue weighted by molar-refractivity contribution is -0.141. The van der Waals surface area contributed by atoms with E-state index in [9.17, 15) is 26.4 Å². The van der Waals surface area contributed by atoms with Gasteiger partial charge in [0.1, 0.15) is 0 Å². The highest BCUT2D eigenvalue weighted by atomic mass is 35.7. The Kier molecular flexibility index (Phi) is 7.64. The van der Waals surface area contributed by atoms with Gasteiger partial charge in [0.25, 0.3) is 15.0 Å². The number of carbonyl (C=O) groups is 2. The summed E-state index contributed by atoms with van der Waals surface area (Å²) in [6.45, 7) is 1.61. The van der Waals surface area contributed by atoms with E-state index >= 15 is 0 Å². The summed E-state index contributed by atoms with van der Waals surface area (Å²) in [5.74, 6) is -2.05. The number of ether oxygens (including phenoxy) is 1. The zero-order valence-electron chi connectivity index (χ0n) is 12.6. The van der Waals surface area contributed by atoms with Crippen LogP contribution in [0.1, 0.15) is 30.1 Å². The van der Waals surface area contributed by atoms with Crippen molar-refractivity contribution >= 4 is 42.3 Å². The van der Waals surface area contributed by atoms with Crippen molar-refractivity contribution in [3.63, 3.8) is 0 Å². The standard InChI is InChI=1S/C13H16ClNO7S2/c1-9(6-7-12(16)22-8-23(18)19)15-13(17)10-4-2-3-5-11(10)24(14,20)21/h2-5,9,23H,6-8H2,1H3,(H,15,17). The smallest absolute Gasteiger partial charge is 0.306 e. The molecule has 0 aliphatic heterocycles. The predicted octanol–water partition coefficient (Wildman–Crippen LogP) is 0.625. The molecule has 0 aliphatic rings. The molecule has 0 saturated carbocycles. The summed E-state index contributed by atoms with van der Waals surface area (Å²) in [5, 5.41) is 2.54. The Morgan fingerprint density at radius 3 is 2.50 bits per heavy atom. The fourth-order valence-corrected chi connectivity index (χ4v) is 3.09. The second-order valence-electron chi connectivity index (χ2n) is 4.83. The Balaban J connectivity index is 2.64. The van der Waals surface area contributed by atoms with E-state index in [0.29, 0.717) is 0 Å². The lowest BCUT2D eigenvalue weighted by Gasteiger charge is -2.14. The second-order valence-corrected chi connectivity index (χ2v) is 8.28. The number of halogens is 1. The van der Waals surface area contributed by atoms with E-state index in [0.717, 1.165) is 0 Å². The lowest BCUT2D eigenvalue weighted by Crippen LogP contribution is -2.33. The first-order chi connectivity index (χ1) is 11.1. The summed E-state index contributed by atoms with van der Waals surface area (Å²) < 4.78 is 48.0. The Labute approximate surface area is 145 Å². The topological polar surface area (TPSA) is 124 Å². The van der Waals surface area contributed by atoms with Crippen LogP contribution in [0.5, 0.6) is 0 Å². The molecule has 24 heavy (non-hydrogen) atoms. The van der Waals surface area contributed by atoms with Gasteiger partial charge in [0.15, 0.2) is 16.6 Å². The molecule has 1 unspecified atom stereocenters. The number of thiol groups is 1. The third-order valence-electron chi connectivity index (χ3n) is 2.88. The molecule has 0 heterocycles. The summed E-state index contributed by atoms with van der Waals surface area (Å²) in [4.78, 5) is 23.1. The largest absolute Gasteiger partial charge is 0.450 e. The van der Waals surface area contributed by atoms with Crippen LogP contribution in [-0.2, 0) is 29.3 Å². The number of hydrogen-bond donors (Lipinski definition) is 2. The first kappa shape index (κ1) is 20.4. The van der Waals surface area contributed by atoms with Crippen molar-refractivity contribution < 1.29 is 31.2 Å². The number of nitrogens with one attached hydrogen (secondary N) is 1. The van der Waals surface area contributed by atoms with Crippen molar-refractivity contribution in [2.24, 2.45) is 0 Å². The first-order valence-corrected chi connectivity index (χ1v) is 10.4. The van der Waals surface area contributed by atoms with Gasteiger partial charge >= 0.3 is 5.97 Å². The number of amides is 1. The Morgan fingerprint density at radius 1 is 1.29 bits per heavy atom. The zero-order valence-corrected chi connectivity index (χ0v) is 15.1. The maximum atomic E-state index is 12.2. The monoisotopic (exact) mass is 397 g/mol. The molecule has 1 amide bonds. The molecule has 1 aromatic rings. The molecule has 1 atom stereocenters. The zero-order chi connectivity index (χ0) is 18.3. The minimum absolute atomic E-state index is 0.0972. The van der Waals surface area contributed by atoms with Crippen LogP contribution in [0.4, 0.5) is 0 Å². The molecule has 1 N–H and O–H groups in total. The summed E-state index contributed by atoms with van der Waals surface area (Å²) in [6, 6.07) is 4.98. The van der Waals surface area contributed by atoms with Crippen LogP contribution in [0, 0.1) is 0 Å². The van der Waals surface area contributed by atoms with Gasteiger partial charge in [0.2, 0.25) is 0 Å². The maximum absolute atomic E-state index is 12.2. The van der Waals surface area contributed by atoms with E-state index in [1.54, 1.807) is 6.92 Å². The van der Waals surface area contributed by atoms with E-state index in [1.807, 2.05) is 0 Å². The first-order valence-electron chi connectivity index (χ1n) is 6.73. The van der Waals surface area contributed by atoms with Crippen LogP contribution in [-0.4, -0.2) is 40.7 Å². The number of esters is 1. The van der Waals surface area contributed by atoms with Gasteiger partial charge in [0.05, 0.1) is 10.5 Å². The number of hydrogen-bond acceptors (Lipinski definition) is 7. The SMILES string of the molecule is CC(CCC(=O)OC[SH](=O)=O)NC(=O)c1ccccc1S(=O)(=O)Cl. The van der Waals surface area contributed by atoms with Gasteiger partial charge in [-0.2, -0.15) is 0 Å². The van der Waals surface area contributed by atoms with Crippen molar-refractivity contribution in [2.75, 3.05) is 5.94 Å². The van der Waals surface area contributed by atoms with Gasteiger partial charge in [-0.1, -0.05) is 12.1 Å². The average Bonchev–Trinajstić information content (AvgIpc) is 2.50. The lowest BCUT2D eigenvalue weighted by atomic mass is 10.1. The molecular formula is C13H16ClNO7S2. The van der Waals surface area contributed by atoms with E-state index in [-0.39, 0.29) is 23.3 Å². The minimum Gasteiger partial charge on any atom is -0.450 e. The fraction of sp³-hybridized carbons (Fsp3) is 0.385. The number of benzene rings is 1. The number of rotatable bonds is 8. The molecule has 0 aliphatic carbocycles. The van der Waals surface area contributed by atoms with Crippen LogP contribution in [0.2, 0.25) is 0 Å².